The van der Waals surface area contributed by atoms with Gasteiger partial charge in [0, 0.05) is 0 Å². The van der Waals surface area contributed by atoms with Crippen LogP contribution in [-0.4, -0.2) is 19.2 Å². The molecule has 0 N–H and O–H groups in total. The number of hydrogen-bond acceptors (Lipinski definition) is 4. The first-order valence-corrected chi connectivity index (χ1v) is 8.91. The van der Waals surface area contributed by atoms with Crippen LogP contribution in [0.25, 0.3) is 33.7 Å². The Morgan fingerprint density at radius 3 is 2.32 bits per heavy atom. The summed E-state index contributed by atoms with van der Waals surface area (Å²) in [5, 5.41) is 0. The summed E-state index contributed by atoms with van der Waals surface area (Å²) in [7, 11) is 3.17. The van der Waals surface area contributed by atoms with E-state index in [4.69, 9.17) is 13.9 Å². The molecule has 0 fully saturated rings. The van der Waals surface area contributed by atoms with E-state index in [2.05, 4.69) is 17.1 Å². The lowest BCUT2D eigenvalue weighted by Crippen LogP contribution is -1.92. The van der Waals surface area contributed by atoms with Crippen molar-refractivity contribution in [3.63, 3.8) is 0 Å². The van der Waals surface area contributed by atoms with E-state index in [1.165, 1.54) is 13.2 Å². The van der Waals surface area contributed by atoms with Crippen LogP contribution in [0.3, 0.4) is 0 Å². The molecule has 5 heteroatoms. The number of aromatic nitrogens is 1. The summed E-state index contributed by atoms with van der Waals surface area (Å²) in [5.41, 5.74) is 5.64. The Hall–Kier alpha value is -3.34. The molecule has 1 heterocycles. The van der Waals surface area contributed by atoms with Crippen LogP contribution in [-0.2, 0) is 0 Å². The third-order valence-electron chi connectivity index (χ3n) is 4.80. The maximum Gasteiger partial charge on any atom is 0.234 e. The lowest BCUT2D eigenvalue weighted by Gasteiger charge is -2.11. The highest BCUT2D eigenvalue weighted by molar-refractivity contribution is 5.83. The van der Waals surface area contributed by atoms with Crippen molar-refractivity contribution in [1.82, 2.24) is 4.98 Å². The van der Waals surface area contributed by atoms with Crippen LogP contribution >= 0.6 is 0 Å². The van der Waals surface area contributed by atoms with Gasteiger partial charge in [0.15, 0.2) is 5.58 Å². The van der Waals surface area contributed by atoms with Gasteiger partial charge in [-0.1, -0.05) is 12.1 Å². The predicted molar refractivity (Wildman–Crippen MR) is 107 cm³/mol. The summed E-state index contributed by atoms with van der Waals surface area (Å²) in [5.74, 6) is 1.03. The zero-order chi connectivity index (χ0) is 19.8. The van der Waals surface area contributed by atoms with Gasteiger partial charge >= 0.3 is 0 Å². The Bertz CT molecular complexity index is 1160. The smallest absolute Gasteiger partial charge is 0.234 e. The fourth-order valence-corrected chi connectivity index (χ4v) is 3.53. The number of rotatable bonds is 4. The molecular formula is C23H20FNO3. The lowest BCUT2D eigenvalue weighted by atomic mass is 9.99. The molecular weight excluding hydrogens is 357 g/mol. The molecule has 3 aromatic carbocycles. The molecule has 0 aliphatic rings. The largest absolute Gasteiger partial charge is 0.496 e. The first-order valence-electron chi connectivity index (χ1n) is 8.91. The third kappa shape index (κ3) is 2.99. The normalized spacial score (nSPS) is 11.0. The van der Waals surface area contributed by atoms with Crippen LogP contribution in [0, 0.1) is 19.7 Å². The van der Waals surface area contributed by atoms with E-state index < -0.39 is 5.82 Å². The first kappa shape index (κ1) is 18.0. The molecule has 0 unspecified atom stereocenters. The van der Waals surface area contributed by atoms with Crippen molar-refractivity contribution in [3.8, 4) is 34.1 Å². The fourth-order valence-electron chi connectivity index (χ4n) is 3.53. The quantitative estimate of drug-likeness (QED) is 0.442. The molecule has 0 aliphatic heterocycles. The summed E-state index contributed by atoms with van der Waals surface area (Å²) in [4.78, 5) is 4.44. The van der Waals surface area contributed by atoms with Gasteiger partial charge in [-0.15, -0.1) is 0 Å². The number of hydrogen-bond donors (Lipinski definition) is 0. The number of fused-ring (bicyclic) bond motifs is 1. The Labute approximate surface area is 162 Å². The molecule has 0 saturated heterocycles. The van der Waals surface area contributed by atoms with Crippen molar-refractivity contribution in [2.75, 3.05) is 14.2 Å². The average molecular weight is 377 g/mol. The zero-order valence-corrected chi connectivity index (χ0v) is 16.2. The van der Waals surface area contributed by atoms with Gasteiger partial charge in [0.2, 0.25) is 5.89 Å². The number of methoxy groups -OCH3 is 2. The van der Waals surface area contributed by atoms with Gasteiger partial charge in [-0.3, -0.25) is 0 Å². The number of halogens is 1. The van der Waals surface area contributed by atoms with E-state index in [0.29, 0.717) is 16.8 Å². The Morgan fingerprint density at radius 2 is 1.64 bits per heavy atom. The molecule has 4 rings (SSSR count). The number of benzene rings is 3. The van der Waals surface area contributed by atoms with E-state index >= 15 is 0 Å². The van der Waals surface area contributed by atoms with Crippen LogP contribution in [0.1, 0.15) is 11.1 Å². The van der Waals surface area contributed by atoms with E-state index in [9.17, 15) is 4.39 Å². The van der Waals surface area contributed by atoms with Gasteiger partial charge < -0.3 is 13.9 Å². The SMILES string of the molecule is COc1cccc(F)c1-c1nc2ccc(-c3cc(C)c(OC)c(C)c3)cc2o1. The van der Waals surface area contributed by atoms with E-state index in [1.54, 1.807) is 19.2 Å². The molecule has 4 nitrogen and oxygen atoms in total. The summed E-state index contributed by atoms with van der Waals surface area (Å²) in [6.07, 6.45) is 0. The molecule has 1 aromatic heterocycles. The van der Waals surface area contributed by atoms with Gasteiger partial charge in [-0.2, -0.15) is 0 Å². The second-order valence-electron chi connectivity index (χ2n) is 6.66. The molecule has 4 aromatic rings. The standard InChI is InChI=1S/C23H20FNO3/c1-13-10-16(11-14(2)22(13)27-4)15-8-9-18-20(12-15)28-23(25-18)21-17(24)6-5-7-19(21)26-3/h5-12H,1-4H3. The number of nitrogens with zero attached hydrogens (tertiary/aromatic N) is 1. The minimum atomic E-state index is -0.437. The van der Waals surface area contributed by atoms with Gasteiger partial charge in [-0.25, -0.2) is 9.37 Å². The van der Waals surface area contributed by atoms with Gasteiger partial charge in [0.25, 0.3) is 0 Å². The maximum atomic E-state index is 14.4. The molecule has 0 aliphatic carbocycles. The van der Waals surface area contributed by atoms with Crippen LogP contribution < -0.4 is 9.47 Å². The Kier molecular flexibility index (Phi) is 4.51. The maximum absolute atomic E-state index is 14.4. The van der Waals surface area contributed by atoms with Crippen molar-refractivity contribution in [2.24, 2.45) is 0 Å². The first-order chi connectivity index (χ1) is 13.5. The lowest BCUT2D eigenvalue weighted by molar-refractivity contribution is 0.408. The minimum Gasteiger partial charge on any atom is -0.496 e. The molecule has 28 heavy (non-hydrogen) atoms. The van der Waals surface area contributed by atoms with Crippen molar-refractivity contribution < 1.29 is 18.3 Å². The fraction of sp³-hybridized carbons (Fsp3) is 0.174. The van der Waals surface area contributed by atoms with Crippen molar-refractivity contribution in [3.05, 3.63) is 65.5 Å². The van der Waals surface area contributed by atoms with Crippen molar-refractivity contribution >= 4 is 11.1 Å². The topological polar surface area (TPSA) is 44.5 Å². The molecule has 0 amide bonds. The number of ether oxygens (including phenoxy) is 2. The van der Waals surface area contributed by atoms with Crippen LogP contribution in [0.4, 0.5) is 4.39 Å². The highest BCUT2D eigenvalue weighted by Crippen LogP contribution is 2.36. The zero-order valence-electron chi connectivity index (χ0n) is 16.2. The summed E-state index contributed by atoms with van der Waals surface area (Å²) >= 11 is 0. The van der Waals surface area contributed by atoms with Gasteiger partial charge in [0.05, 0.1) is 14.2 Å². The summed E-state index contributed by atoms with van der Waals surface area (Å²) < 4.78 is 31.0. The highest BCUT2D eigenvalue weighted by Gasteiger charge is 2.18. The van der Waals surface area contributed by atoms with Crippen LogP contribution in [0.15, 0.2) is 52.9 Å². The second kappa shape index (κ2) is 7.00. The monoisotopic (exact) mass is 377 g/mol. The molecule has 0 atom stereocenters. The van der Waals surface area contributed by atoms with E-state index in [-0.39, 0.29) is 11.5 Å². The molecule has 0 radical (unpaired) electrons. The second-order valence-corrected chi connectivity index (χ2v) is 6.66. The average Bonchev–Trinajstić information content (AvgIpc) is 3.10. The summed E-state index contributed by atoms with van der Waals surface area (Å²) in [6, 6.07) is 14.6. The van der Waals surface area contributed by atoms with E-state index in [0.717, 1.165) is 28.0 Å². The Balaban J connectivity index is 1.82. The third-order valence-corrected chi connectivity index (χ3v) is 4.80. The van der Waals surface area contributed by atoms with E-state index in [1.807, 2.05) is 32.0 Å². The number of aryl methyl sites for hydroxylation is 2. The molecule has 0 bridgehead atoms. The Morgan fingerprint density at radius 1 is 0.893 bits per heavy atom. The molecule has 142 valence electrons. The predicted octanol–water partition coefficient (Wildman–Crippen LogP) is 5.93. The van der Waals surface area contributed by atoms with Crippen LogP contribution in [0.5, 0.6) is 11.5 Å². The van der Waals surface area contributed by atoms with Crippen molar-refractivity contribution in [2.45, 2.75) is 13.8 Å². The van der Waals surface area contributed by atoms with Crippen LogP contribution in [0.2, 0.25) is 0 Å². The summed E-state index contributed by atoms with van der Waals surface area (Å²) in [6.45, 7) is 4.04. The van der Waals surface area contributed by atoms with Gasteiger partial charge in [-0.05, 0) is 72.5 Å². The molecule has 0 spiro atoms. The molecule has 0 saturated carbocycles. The van der Waals surface area contributed by atoms with Crippen molar-refractivity contribution in [1.29, 1.82) is 0 Å². The minimum absolute atomic E-state index is 0.198. The van der Waals surface area contributed by atoms with Gasteiger partial charge in [0.1, 0.15) is 28.4 Å². The number of oxazole rings is 1. The highest BCUT2D eigenvalue weighted by atomic mass is 19.1.